The summed E-state index contributed by atoms with van der Waals surface area (Å²) < 4.78 is 29.9. The number of benzene rings is 2. The van der Waals surface area contributed by atoms with Gasteiger partial charge in [0.05, 0.1) is 10.5 Å². The number of nitrogens with one attached hydrogen (secondary N) is 1. The van der Waals surface area contributed by atoms with E-state index in [2.05, 4.69) is 31.4 Å². The molecule has 0 aliphatic heterocycles. The molecule has 3 rings (SSSR count). The molecule has 0 atom stereocenters. The fourth-order valence-electron chi connectivity index (χ4n) is 2.15. The van der Waals surface area contributed by atoms with Crippen LogP contribution < -0.4 is 5.32 Å². The molecule has 0 saturated carbocycles. The van der Waals surface area contributed by atoms with Crippen molar-refractivity contribution in [1.82, 2.24) is 10.2 Å². The summed E-state index contributed by atoms with van der Waals surface area (Å²) in [6, 6.07) is 13.0. The summed E-state index contributed by atoms with van der Waals surface area (Å²) in [6.07, 6.45) is 1.10. The summed E-state index contributed by atoms with van der Waals surface area (Å²) in [7, 11) is -3.46. The van der Waals surface area contributed by atoms with Crippen molar-refractivity contribution >= 4 is 37.7 Å². The van der Waals surface area contributed by atoms with Crippen molar-refractivity contribution in [2.45, 2.75) is 4.90 Å². The Morgan fingerprint density at radius 1 is 1.12 bits per heavy atom. The van der Waals surface area contributed by atoms with Crippen LogP contribution in [0.1, 0.15) is 10.4 Å². The Morgan fingerprint density at radius 2 is 1.88 bits per heavy atom. The Morgan fingerprint density at radius 3 is 2.60 bits per heavy atom. The molecule has 0 fully saturated rings. The molecule has 0 saturated heterocycles. The van der Waals surface area contributed by atoms with Crippen LogP contribution in [0.3, 0.4) is 0 Å². The molecule has 0 spiro atoms. The van der Waals surface area contributed by atoms with Gasteiger partial charge >= 0.3 is 6.01 Å². The smallest absolute Gasteiger partial charge is 0.322 e. The monoisotopic (exact) mass is 421 g/mol. The van der Waals surface area contributed by atoms with Gasteiger partial charge < -0.3 is 4.42 Å². The zero-order valence-electron chi connectivity index (χ0n) is 12.9. The lowest BCUT2D eigenvalue weighted by Crippen LogP contribution is -2.11. The Bertz CT molecular complexity index is 1050. The van der Waals surface area contributed by atoms with Gasteiger partial charge in [0.2, 0.25) is 0 Å². The third-order valence-corrected chi connectivity index (χ3v) is 4.90. The highest BCUT2D eigenvalue weighted by Gasteiger charge is 2.19. The Kier molecular flexibility index (Phi) is 4.69. The van der Waals surface area contributed by atoms with Gasteiger partial charge in [-0.05, 0) is 30.3 Å². The minimum Gasteiger partial charge on any atom is -0.403 e. The van der Waals surface area contributed by atoms with E-state index in [4.69, 9.17) is 4.42 Å². The number of rotatable bonds is 4. The van der Waals surface area contributed by atoms with Gasteiger partial charge in [0.15, 0.2) is 9.84 Å². The van der Waals surface area contributed by atoms with E-state index in [1.807, 2.05) is 0 Å². The average molecular weight is 422 g/mol. The summed E-state index contributed by atoms with van der Waals surface area (Å²) in [6.45, 7) is 0. The van der Waals surface area contributed by atoms with Crippen molar-refractivity contribution in [3.8, 4) is 11.5 Å². The predicted molar refractivity (Wildman–Crippen MR) is 94.9 cm³/mol. The fourth-order valence-corrected chi connectivity index (χ4v) is 3.43. The van der Waals surface area contributed by atoms with E-state index in [-0.39, 0.29) is 22.4 Å². The van der Waals surface area contributed by atoms with Crippen LogP contribution in [0.2, 0.25) is 0 Å². The van der Waals surface area contributed by atoms with Crippen LogP contribution in [0, 0.1) is 0 Å². The highest BCUT2D eigenvalue weighted by atomic mass is 79.9. The molecule has 0 unspecified atom stereocenters. The number of carbonyl (C=O) groups excluding carboxylic acids is 1. The van der Waals surface area contributed by atoms with E-state index in [1.54, 1.807) is 42.5 Å². The lowest BCUT2D eigenvalue weighted by molar-refractivity contribution is 0.102. The molecule has 1 N–H and O–H groups in total. The second kappa shape index (κ2) is 6.77. The summed E-state index contributed by atoms with van der Waals surface area (Å²) in [5.74, 6) is -0.418. The molecule has 9 heteroatoms. The minimum atomic E-state index is -3.46. The third kappa shape index (κ3) is 3.94. The molecule has 1 amide bonds. The topological polar surface area (TPSA) is 102 Å². The molecule has 0 radical (unpaired) electrons. The van der Waals surface area contributed by atoms with E-state index in [0.717, 1.165) is 10.7 Å². The lowest BCUT2D eigenvalue weighted by atomic mass is 10.2. The highest BCUT2D eigenvalue weighted by Crippen LogP contribution is 2.27. The number of hydrogen-bond acceptors (Lipinski definition) is 6. The quantitative estimate of drug-likeness (QED) is 0.693. The average Bonchev–Trinajstić information content (AvgIpc) is 3.02. The van der Waals surface area contributed by atoms with Gasteiger partial charge in [-0.3, -0.25) is 10.1 Å². The molecule has 1 heterocycles. The van der Waals surface area contributed by atoms with Crippen molar-refractivity contribution in [2.24, 2.45) is 0 Å². The van der Waals surface area contributed by atoms with Gasteiger partial charge in [-0.25, -0.2) is 8.42 Å². The van der Waals surface area contributed by atoms with Gasteiger partial charge in [0.1, 0.15) is 0 Å². The Hall–Kier alpha value is -2.52. The number of nitrogens with zero attached hydrogens (tertiary/aromatic N) is 2. The normalized spacial score (nSPS) is 11.3. The van der Waals surface area contributed by atoms with E-state index in [0.29, 0.717) is 5.56 Å². The molecule has 7 nitrogen and oxygen atoms in total. The first-order valence-corrected chi connectivity index (χ1v) is 9.73. The molecule has 0 aliphatic rings. The fraction of sp³-hybridized carbons (Fsp3) is 0.0625. The summed E-state index contributed by atoms with van der Waals surface area (Å²) in [4.78, 5) is 12.3. The maximum Gasteiger partial charge on any atom is 0.322 e. The van der Waals surface area contributed by atoms with Crippen LogP contribution in [0.15, 0.2) is 62.3 Å². The third-order valence-electron chi connectivity index (χ3n) is 3.25. The summed E-state index contributed by atoms with van der Waals surface area (Å²) in [5.41, 5.74) is 0.686. The van der Waals surface area contributed by atoms with Crippen LogP contribution in [-0.2, 0) is 9.84 Å². The Labute approximate surface area is 152 Å². The minimum absolute atomic E-state index is 0.00515. The highest BCUT2D eigenvalue weighted by molar-refractivity contribution is 9.10. The van der Waals surface area contributed by atoms with Crippen molar-refractivity contribution < 1.29 is 17.6 Å². The molecule has 0 aliphatic carbocycles. The second-order valence-corrected chi connectivity index (χ2v) is 8.04. The van der Waals surface area contributed by atoms with Crippen molar-refractivity contribution in [3.63, 3.8) is 0 Å². The van der Waals surface area contributed by atoms with E-state index >= 15 is 0 Å². The van der Waals surface area contributed by atoms with Crippen LogP contribution in [0.5, 0.6) is 0 Å². The predicted octanol–water partition coefficient (Wildman–Crippen LogP) is 3.15. The lowest BCUT2D eigenvalue weighted by Gasteiger charge is -2.03. The standard InChI is InChI=1S/C16H12BrN3O4S/c1-25(22,23)13-8-3-2-7-12(13)15-19-20-16(24-15)18-14(21)10-5-4-6-11(17)9-10/h2-9H,1H3,(H,18,20,21). The van der Waals surface area contributed by atoms with Crippen LogP contribution in [0.25, 0.3) is 11.5 Å². The number of aromatic nitrogens is 2. The molecular weight excluding hydrogens is 410 g/mol. The number of sulfone groups is 1. The van der Waals surface area contributed by atoms with Crippen molar-refractivity contribution in [3.05, 3.63) is 58.6 Å². The maximum atomic E-state index is 12.2. The van der Waals surface area contributed by atoms with Crippen LogP contribution in [0.4, 0.5) is 6.01 Å². The van der Waals surface area contributed by atoms with Gasteiger partial charge in [-0.2, -0.15) is 0 Å². The first-order valence-electron chi connectivity index (χ1n) is 7.04. The summed E-state index contributed by atoms with van der Waals surface area (Å²) >= 11 is 3.29. The molecule has 3 aromatic rings. The zero-order chi connectivity index (χ0) is 18.0. The summed E-state index contributed by atoms with van der Waals surface area (Å²) in [5, 5.41) is 10.1. The molecule has 1 aromatic heterocycles. The van der Waals surface area contributed by atoms with E-state index in [1.165, 1.54) is 6.07 Å². The van der Waals surface area contributed by atoms with Gasteiger partial charge in [0.25, 0.3) is 11.8 Å². The molecule has 2 aromatic carbocycles. The Balaban J connectivity index is 1.88. The van der Waals surface area contributed by atoms with E-state index in [9.17, 15) is 13.2 Å². The molecular formula is C16H12BrN3O4S. The first-order chi connectivity index (χ1) is 11.8. The largest absolute Gasteiger partial charge is 0.403 e. The molecule has 0 bridgehead atoms. The van der Waals surface area contributed by atoms with Gasteiger partial charge in [-0.15, -0.1) is 5.10 Å². The maximum absolute atomic E-state index is 12.2. The van der Waals surface area contributed by atoms with Crippen molar-refractivity contribution in [1.29, 1.82) is 0 Å². The first kappa shape index (κ1) is 17.3. The van der Waals surface area contributed by atoms with Gasteiger partial charge in [-0.1, -0.05) is 39.2 Å². The molecule has 25 heavy (non-hydrogen) atoms. The molecule has 128 valence electrons. The SMILES string of the molecule is CS(=O)(=O)c1ccccc1-c1nnc(NC(=O)c2cccc(Br)c2)o1. The van der Waals surface area contributed by atoms with Crippen LogP contribution in [-0.4, -0.2) is 30.8 Å². The van der Waals surface area contributed by atoms with Crippen molar-refractivity contribution in [2.75, 3.05) is 11.6 Å². The number of hydrogen-bond donors (Lipinski definition) is 1. The number of halogens is 1. The van der Waals surface area contributed by atoms with Gasteiger partial charge in [0, 0.05) is 16.3 Å². The number of amides is 1. The number of carbonyl (C=O) groups is 1. The van der Waals surface area contributed by atoms with Crippen LogP contribution >= 0.6 is 15.9 Å². The zero-order valence-corrected chi connectivity index (χ0v) is 15.3. The number of anilines is 1. The second-order valence-electron chi connectivity index (χ2n) is 5.15. The van der Waals surface area contributed by atoms with E-state index < -0.39 is 15.7 Å².